The lowest BCUT2D eigenvalue weighted by atomic mass is 10.2. The Morgan fingerprint density at radius 1 is 1.47 bits per heavy atom. The summed E-state index contributed by atoms with van der Waals surface area (Å²) in [6, 6.07) is 5.19. The Labute approximate surface area is 98.1 Å². The summed E-state index contributed by atoms with van der Waals surface area (Å²) in [5, 5.41) is 12.0. The molecule has 2 aromatic rings. The minimum absolute atomic E-state index is 0.205. The zero-order valence-electron chi connectivity index (χ0n) is 9.30. The molecule has 0 atom stereocenters. The van der Waals surface area contributed by atoms with Gasteiger partial charge in [0.2, 0.25) is 0 Å². The van der Waals surface area contributed by atoms with Crippen LogP contribution in [0.4, 0.5) is 5.69 Å². The third-order valence-corrected chi connectivity index (χ3v) is 2.35. The first-order valence-electron chi connectivity index (χ1n) is 5.13. The van der Waals surface area contributed by atoms with Crippen LogP contribution >= 0.6 is 0 Å². The lowest BCUT2D eigenvalue weighted by Crippen LogP contribution is -1.98. The van der Waals surface area contributed by atoms with Gasteiger partial charge in [-0.2, -0.15) is 0 Å². The van der Waals surface area contributed by atoms with Crippen molar-refractivity contribution in [1.29, 1.82) is 0 Å². The summed E-state index contributed by atoms with van der Waals surface area (Å²) >= 11 is 0. The van der Waals surface area contributed by atoms with Crippen molar-refractivity contribution in [2.45, 2.75) is 13.5 Å². The van der Waals surface area contributed by atoms with E-state index in [0.717, 1.165) is 5.69 Å². The van der Waals surface area contributed by atoms with E-state index in [0.29, 0.717) is 18.1 Å². The van der Waals surface area contributed by atoms with Gasteiger partial charge >= 0.3 is 5.97 Å². The maximum atomic E-state index is 10.8. The van der Waals surface area contributed by atoms with E-state index in [9.17, 15) is 4.79 Å². The molecule has 17 heavy (non-hydrogen) atoms. The number of anilines is 1. The van der Waals surface area contributed by atoms with Gasteiger partial charge in [-0.1, -0.05) is 0 Å². The second-order valence-corrected chi connectivity index (χ2v) is 3.58. The van der Waals surface area contributed by atoms with Gasteiger partial charge in [0.25, 0.3) is 0 Å². The molecule has 0 spiro atoms. The fraction of sp³-hybridized carbons (Fsp3) is 0.167. The van der Waals surface area contributed by atoms with Gasteiger partial charge in [-0.25, -0.2) is 4.79 Å². The molecule has 5 heteroatoms. The van der Waals surface area contributed by atoms with Gasteiger partial charge in [-0.05, 0) is 25.1 Å². The molecule has 2 heterocycles. The number of pyridine rings is 1. The maximum absolute atomic E-state index is 10.8. The Balaban J connectivity index is 2.05. The normalized spacial score (nSPS) is 10.2. The van der Waals surface area contributed by atoms with Crippen LogP contribution in [0.5, 0.6) is 0 Å². The van der Waals surface area contributed by atoms with Crippen molar-refractivity contribution in [3.63, 3.8) is 0 Å². The highest BCUT2D eigenvalue weighted by Crippen LogP contribution is 2.16. The molecule has 0 saturated heterocycles. The van der Waals surface area contributed by atoms with Gasteiger partial charge in [0, 0.05) is 18.1 Å². The predicted octanol–water partition coefficient (Wildman–Crippen LogP) is 2.29. The monoisotopic (exact) mass is 232 g/mol. The number of aryl methyl sites for hydroxylation is 1. The number of hydrogen-bond donors (Lipinski definition) is 2. The van der Waals surface area contributed by atoms with Crippen molar-refractivity contribution in [2.75, 3.05) is 5.32 Å². The molecule has 0 saturated carbocycles. The van der Waals surface area contributed by atoms with E-state index in [1.807, 2.05) is 12.1 Å². The molecule has 0 amide bonds. The van der Waals surface area contributed by atoms with Crippen LogP contribution in [-0.2, 0) is 6.54 Å². The van der Waals surface area contributed by atoms with E-state index in [-0.39, 0.29) is 5.56 Å². The van der Waals surface area contributed by atoms with Gasteiger partial charge < -0.3 is 14.8 Å². The third kappa shape index (κ3) is 2.63. The number of carboxylic acid groups (broad SMARTS) is 1. The number of carboxylic acids is 1. The molecular weight excluding hydrogens is 220 g/mol. The molecule has 0 bridgehead atoms. The van der Waals surface area contributed by atoms with Crippen LogP contribution in [0.3, 0.4) is 0 Å². The molecule has 2 aromatic heterocycles. The molecule has 88 valence electrons. The Bertz CT molecular complexity index is 520. The molecule has 2 rings (SSSR count). The number of rotatable bonds is 4. The number of aromatic nitrogens is 1. The van der Waals surface area contributed by atoms with E-state index in [2.05, 4.69) is 10.3 Å². The van der Waals surface area contributed by atoms with Crippen LogP contribution in [0.15, 0.2) is 35.0 Å². The standard InChI is InChI=1S/C12H12N2O3/c1-8-11(12(15)16)6-10(17-8)7-14-9-2-4-13-5-3-9/h2-6H,7H2,1H3,(H,13,14)(H,15,16). The average Bonchev–Trinajstić information content (AvgIpc) is 2.69. The third-order valence-electron chi connectivity index (χ3n) is 2.35. The molecule has 0 aliphatic rings. The number of nitrogens with zero attached hydrogens (tertiary/aromatic N) is 1. The van der Waals surface area contributed by atoms with Crippen molar-refractivity contribution in [2.24, 2.45) is 0 Å². The van der Waals surface area contributed by atoms with Crippen LogP contribution in [-0.4, -0.2) is 16.1 Å². The lowest BCUT2D eigenvalue weighted by Gasteiger charge is -2.02. The van der Waals surface area contributed by atoms with E-state index >= 15 is 0 Å². The fourth-order valence-corrected chi connectivity index (χ4v) is 1.50. The zero-order valence-corrected chi connectivity index (χ0v) is 9.30. The summed E-state index contributed by atoms with van der Waals surface area (Å²) in [6.07, 6.45) is 3.36. The first-order valence-corrected chi connectivity index (χ1v) is 5.13. The Morgan fingerprint density at radius 3 is 2.76 bits per heavy atom. The van der Waals surface area contributed by atoms with Gasteiger partial charge in [-0.3, -0.25) is 4.98 Å². The SMILES string of the molecule is Cc1oc(CNc2ccncc2)cc1C(=O)O. The zero-order chi connectivity index (χ0) is 12.3. The second kappa shape index (κ2) is 4.69. The molecule has 0 aliphatic heterocycles. The van der Waals surface area contributed by atoms with Crippen molar-refractivity contribution in [1.82, 2.24) is 4.98 Å². The molecule has 5 nitrogen and oxygen atoms in total. The summed E-state index contributed by atoms with van der Waals surface area (Å²) in [6.45, 7) is 2.08. The fourth-order valence-electron chi connectivity index (χ4n) is 1.50. The number of furan rings is 1. The van der Waals surface area contributed by atoms with Crippen molar-refractivity contribution >= 4 is 11.7 Å². The Hall–Kier alpha value is -2.30. The van der Waals surface area contributed by atoms with Crippen LogP contribution < -0.4 is 5.32 Å². The largest absolute Gasteiger partial charge is 0.478 e. The van der Waals surface area contributed by atoms with Gasteiger partial charge in [0.1, 0.15) is 17.1 Å². The molecule has 0 unspecified atom stereocenters. The van der Waals surface area contributed by atoms with Gasteiger partial charge in [0.05, 0.1) is 6.54 Å². The highest BCUT2D eigenvalue weighted by molar-refractivity contribution is 5.88. The first-order chi connectivity index (χ1) is 8.16. The van der Waals surface area contributed by atoms with Crippen LogP contribution in [0.2, 0.25) is 0 Å². The number of carbonyl (C=O) groups is 1. The van der Waals surface area contributed by atoms with Crippen LogP contribution in [0, 0.1) is 6.92 Å². The number of nitrogens with one attached hydrogen (secondary N) is 1. The quantitative estimate of drug-likeness (QED) is 0.845. The van der Waals surface area contributed by atoms with E-state index in [1.165, 1.54) is 6.07 Å². The number of aromatic carboxylic acids is 1. The summed E-state index contributed by atoms with van der Waals surface area (Å²) in [5.74, 6) is 0.0437. The Kier molecular flexibility index (Phi) is 3.09. The van der Waals surface area contributed by atoms with Gasteiger partial charge in [-0.15, -0.1) is 0 Å². The van der Waals surface area contributed by atoms with Crippen LogP contribution in [0.1, 0.15) is 21.9 Å². The van der Waals surface area contributed by atoms with E-state index < -0.39 is 5.97 Å². The summed E-state index contributed by atoms with van der Waals surface area (Å²) in [5.41, 5.74) is 1.11. The molecule has 0 radical (unpaired) electrons. The molecule has 2 N–H and O–H groups in total. The summed E-state index contributed by atoms with van der Waals surface area (Å²) in [7, 11) is 0. The average molecular weight is 232 g/mol. The van der Waals surface area contributed by atoms with Crippen molar-refractivity contribution < 1.29 is 14.3 Å². The van der Waals surface area contributed by atoms with E-state index in [1.54, 1.807) is 19.3 Å². The molecule has 0 fully saturated rings. The van der Waals surface area contributed by atoms with Crippen molar-refractivity contribution in [3.8, 4) is 0 Å². The second-order valence-electron chi connectivity index (χ2n) is 3.58. The lowest BCUT2D eigenvalue weighted by molar-refractivity contribution is 0.0695. The highest BCUT2D eigenvalue weighted by Gasteiger charge is 2.13. The summed E-state index contributed by atoms with van der Waals surface area (Å²) < 4.78 is 5.34. The van der Waals surface area contributed by atoms with Crippen LogP contribution in [0.25, 0.3) is 0 Å². The molecular formula is C12H12N2O3. The molecule has 0 aliphatic carbocycles. The van der Waals surface area contributed by atoms with E-state index in [4.69, 9.17) is 9.52 Å². The number of hydrogen-bond acceptors (Lipinski definition) is 4. The van der Waals surface area contributed by atoms with Crippen molar-refractivity contribution in [3.05, 3.63) is 47.7 Å². The molecule has 0 aromatic carbocycles. The predicted molar refractivity (Wildman–Crippen MR) is 62.0 cm³/mol. The summed E-state index contributed by atoms with van der Waals surface area (Å²) in [4.78, 5) is 14.7. The Morgan fingerprint density at radius 2 is 2.18 bits per heavy atom. The van der Waals surface area contributed by atoms with Gasteiger partial charge in [0.15, 0.2) is 0 Å². The highest BCUT2D eigenvalue weighted by atomic mass is 16.4. The first kappa shape index (κ1) is 11.2. The smallest absolute Gasteiger partial charge is 0.339 e. The minimum Gasteiger partial charge on any atom is -0.478 e. The maximum Gasteiger partial charge on any atom is 0.339 e. The topological polar surface area (TPSA) is 75.4 Å². The minimum atomic E-state index is -0.971.